The van der Waals surface area contributed by atoms with Gasteiger partial charge in [-0.05, 0) is 98.3 Å². The van der Waals surface area contributed by atoms with Crippen LogP contribution in [0.15, 0.2) is 82.4 Å². The fourth-order valence-corrected chi connectivity index (χ4v) is 4.61. The highest BCUT2D eigenvalue weighted by Crippen LogP contribution is 2.33. The van der Waals surface area contributed by atoms with Gasteiger partial charge in [-0.3, -0.25) is 4.79 Å². The summed E-state index contributed by atoms with van der Waals surface area (Å²) in [6.45, 7) is 0.144. The summed E-state index contributed by atoms with van der Waals surface area (Å²) in [7, 11) is 0. The van der Waals surface area contributed by atoms with Gasteiger partial charge >= 0.3 is 5.69 Å². The molecule has 1 N–H and O–H groups in total. The molecule has 0 aliphatic rings. The summed E-state index contributed by atoms with van der Waals surface area (Å²) in [5, 5.41) is 15.9. The van der Waals surface area contributed by atoms with Crippen molar-refractivity contribution in [3.05, 3.63) is 112 Å². The lowest BCUT2D eigenvalue weighted by Crippen LogP contribution is -2.33. The van der Waals surface area contributed by atoms with Crippen LogP contribution < -0.4 is 11.2 Å². The lowest BCUT2D eigenvalue weighted by molar-refractivity contribution is 0.587. The van der Waals surface area contributed by atoms with Gasteiger partial charge in [0.05, 0.1) is 23.7 Å². The number of halogens is 2. The smallest absolute Gasteiger partial charge is 0.267 e. The molecular weight excluding hydrogens is 656 g/mol. The molecule has 166 valence electrons. The number of fused-ring (bicyclic) bond motifs is 1. The third kappa shape index (κ3) is 4.07. The van der Waals surface area contributed by atoms with Crippen molar-refractivity contribution >= 4 is 50.8 Å². The quantitative estimate of drug-likeness (QED) is 0.282. The van der Waals surface area contributed by atoms with Gasteiger partial charge in [-0.15, -0.1) is 0 Å². The van der Waals surface area contributed by atoms with Crippen molar-refractivity contribution < 1.29 is 0 Å². The molecule has 0 spiro atoms. The number of hydrogen-bond donors (Lipinski definition) is 1. The zero-order valence-corrected chi connectivity index (χ0v) is 21.8. The first kappa shape index (κ1) is 22.5. The Morgan fingerprint density at radius 2 is 1.38 bits per heavy atom. The highest BCUT2D eigenvalue weighted by molar-refractivity contribution is 14.1. The molecule has 2 aromatic heterocycles. The van der Waals surface area contributed by atoms with E-state index in [0.29, 0.717) is 22.3 Å². The SMILES string of the molecule is N#Cc1ccc(Cn2c(=O)c(-c3ccc(I)cc3)c(-c3ccc(I)cc3)c3n[nH]c(=O)n32)cc1. The van der Waals surface area contributed by atoms with Gasteiger partial charge in [-0.25, -0.2) is 14.6 Å². The third-order valence-corrected chi connectivity index (χ3v) is 6.93. The molecule has 9 heteroatoms. The van der Waals surface area contributed by atoms with Crippen LogP contribution in [0.1, 0.15) is 11.1 Å². The normalized spacial score (nSPS) is 11.0. The Morgan fingerprint density at radius 3 is 1.94 bits per heavy atom. The van der Waals surface area contributed by atoms with Gasteiger partial charge in [-0.1, -0.05) is 36.4 Å². The third-order valence-electron chi connectivity index (χ3n) is 5.49. The summed E-state index contributed by atoms with van der Waals surface area (Å²) in [4.78, 5) is 26.8. The van der Waals surface area contributed by atoms with Crippen molar-refractivity contribution in [1.82, 2.24) is 19.4 Å². The largest absolute Gasteiger partial charge is 0.363 e. The average Bonchev–Trinajstić information content (AvgIpc) is 3.23. The number of nitriles is 1. The van der Waals surface area contributed by atoms with Gasteiger partial charge in [0.1, 0.15) is 0 Å². The monoisotopic (exact) mass is 671 g/mol. The number of rotatable bonds is 4. The summed E-state index contributed by atoms with van der Waals surface area (Å²) < 4.78 is 4.80. The van der Waals surface area contributed by atoms with Crippen molar-refractivity contribution in [3.63, 3.8) is 0 Å². The van der Waals surface area contributed by atoms with E-state index >= 15 is 0 Å². The Bertz CT molecular complexity index is 1670. The topological polar surface area (TPSA) is 95.9 Å². The van der Waals surface area contributed by atoms with E-state index in [0.717, 1.165) is 23.8 Å². The fraction of sp³-hybridized carbons (Fsp3) is 0.0400. The van der Waals surface area contributed by atoms with E-state index in [-0.39, 0.29) is 12.1 Å². The van der Waals surface area contributed by atoms with E-state index in [9.17, 15) is 9.59 Å². The van der Waals surface area contributed by atoms with E-state index < -0.39 is 5.69 Å². The molecule has 0 saturated heterocycles. The van der Waals surface area contributed by atoms with Crippen LogP contribution in [0.5, 0.6) is 0 Å². The molecule has 0 amide bonds. The number of aromatic nitrogens is 4. The number of aromatic amines is 1. The van der Waals surface area contributed by atoms with Crippen LogP contribution in [0.3, 0.4) is 0 Å². The van der Waals surface area contributed by atoms with Crippen molar-refractivity contribution in [2.24, 2.45) is 0 Å². The zero-order valence-electron chi connectivity index (χ0n) is 17.5. The fourth-order valence-electron chi connectivity index (χ4n) is 3.89. The Hall–Kier alpha value is -3.24. The molecule has 5 aromatic rings. The Kier molecular flexibility index (Phi) is 6.09. The zero-order chi connectivity index (χ0) is 23.8. The van der Waals surface area contributed by atoms with Crippen molar-refractivity contribution in [1.29, 1.82) is 5.26 Å². The lowest BCUT2D eigenvalue weighted by atomic mass is 9.96. The standard InChI is InChI=1S/C25H15I2N5O2/c26-19-9-5-17(6-10-19)21-22(18-7-11-20(27)12-8-18)24(33)31(32-23(21)29-30-25(32)34)14-16-3-1-15(13-28)2-4-16/h1-12H,14H2,(H,30,34). The summed E-state index contributed by atoms with van der Waals surface area (Å²) in [5.41, 5.74) is 3.46. The summed E-state index contributed by atoms with van der Waals surface area (Å²) in [5.74, 6) is 0. The van der Waals surface area contributed by atoms with Gasteiger partial charge in [-0.2, -0.15) is 14.9 Å². The highest BCUT2D eigenvalue weighted by Gasteiger charge is 2.23. The van der Waals surface area contributed by atoms with E-state index in [1.807, 2.05) is 48.5 Å². The molecular formula is C25H15I2N5O2. The number of hydrogen-bond acceptors (Lipinski definition) is 4. The highest BCUT2D eigenvalue weighted by atomic mass is 127. The molecule has 0 aliphatic heterocycles. The minimum absolute atomic E-state index is 0.144. The summed E-state index contributed by atoms with van der Waals surface area (Å²) in [6, 6.07) is 24.5. The van der Waals surface area contributed by atoms with Crippen LogP contribution >= 0.6 is 45.2 Å². The molecule has 0 aliphatic carbocycles. The minimum Gasteiger partial charge on any atom is -0.267 e. The van der Waals surface area contributed by atoms with Gasteiger partial charge in [0.15, 0.2) is 5.65 Å². The summed E-state index contributed by atoms with van der Waals surface area (Å²) >= 11 is 4.45. The molecule has 34 heavy (non-hydrogen) atoms. The van der Waals surface area contributed by atoms with Crippen LogP contribution in [0.2, 0.25) is 0 Å². The maximum absolute atomic E-state index is 14.0. The van der Waals surface area contributed by atoms with Crippen LogP contribution in [-0.2, 0) is 6.54 Å². The predicted molar refractivity (Wildman–Crippen MR) is 147 cm³/mol. The Labute approximate surface area is 220 Å². The van der Waals surface area contributed by atoms with Gasteiger partial charge < -0.3 is 0 Å². The van der Waals surface area contributed by atoms with Crippen LogP contribution in [-0.4, -0.2) is 19.4 Å². The molecule has 0 unspecified atom stereocenters. The van der Waals surface area contributed by atoms with E-state index in [1.54, 1.807) is 24.3 Å². The van der Waals surface area contributed by atoms with Gasteiger partial charge in [0.25, 0.3) is 5.56 Å². The van der Waals surface area contributed by atoms with Crippen molar-refractivity contribution in [2.45, 2.75) is 6.54 Å². The predicted octanol–water partition coefficient (Wildman–Crippen LogP) is 4.65. The molecule has 7 nitrogen and oxygen atoms in total. The second-order valence-corrected chi connectivity index (χ2v) is 10.1. The second-order valence-electron chi connectivity index (χ2n) is 7.60. The van der Waals surface area contributed by atoms with Gasteiger partial charge in [0.2, 0.25) is 0 Å². The molecule has 0 atom stereocenters. The van der Waals surface area contributed by atoms with E-state index in [1.165, 1.54) is 9.20 Å². The maximum atomic E-state index is 14.0. The first-order chi connectivity index (χ1) is 16.5. The lowest BCUT2D eigenvalue weighted by Gasteiger charge is -2.16. The average molecular weight is 671 g/mol. The molecule has 0 fully saturated rings. The molecule has 5 rings (SSSR count). The molecule has 0 saturated carbocycles. The van der Waals surface area contributed by atoms with Crippen LogP contribution in [0.25, 0.3) is 27.9 Å². The van der Waals surface area contributed by atoms with Crippen LogP contribution in [0.4, 0.5) is 0 Å². The van der Waals surface area contributed by atoms with E-state index in [2.05, 4.69) is 61.4 Å². The van der Waals surface area contributed by atoms with E-state index in [4.69, 9.17) is 5.26 Å². The molecule has 0 bridgehead atoms. The van der Waals surface area contributed by atoms with Crippen molar-refractivity contribution in [2.75, 3.05) is 0 Å². The molecule has 2 heterocycles. The minimum atomic E-state index is -0.498. The number of benzene rings is 3. The Balaban J connectivity index is 1.85. The molecule has 3 aromatic carbocycles. The second kappa shape index (κ2) is 9.19. The van der Waals surface area contributed by atoms with Crippen molar-refractivity contribution in [3.8, 4) is 28.3 Å². The molecule has 0 radical (unpaired) electrons. The number of H-pyrrole nitrogens is 1. The van der Waals surface area contributed by atoms with Crippen LogP contribution in [0, 0.1) is 18.5 Å². The number of nitrogens with one attached hydrogen (secondary N) is 1. The number of nitrogens with zero attached hydrogens (tertiary/aromatic N) is 4. The summed E-state index contributed by atoms with van der Waals surface area (Å²) in [6.07, 6.45) is 0. The maximum Gasteiger partial charge on any atom is 0.363 e. The Morgan fingerprint density at radius 1 is 0.824 bits per heavy atom. The first-order valence-corrected chi connectivity index (χ1v) is 12.4. The van der Waals surface area contributed by atoms with Gasteiger partial charge in [0, 0.05) is 12.7 Å². The first-order valence-electron chi connectivity index (χ1n) is 10.2.